The first-order chi connectivity index (χ1) is 35.7. The summed E-state index contributed by atoms with van der Waals surface area (Å²) in [4.78, 5) is 15.5. The molecule has 0 aliphatic heterocycles. The van der Waals surface area contributed by atoms with Gasteiger partial charge in [-0.15, -0.1) is 11.3 Å². The molecule has 0 unspecified atom stereocenters. The fraction of sp³-hybridized carbons (Fsp3) is 0. The fourth-order valence-corrected chi connectivity index (χ4v) is 10.5. The van der Waals surface area contributed by atoms with E-state index >= 15 is 0 Å². The van der Waals surface area contributed by atoms with Crippen molar-refractivity contribution in [1.29, 1.82) is 0 Å². The van der Waals surface area contributed by atoms with Crippen molar-refractivity contribution in [3.05, 3.63) is 236 Å². The average molecular weight is 891 g/mol. The molecule has 3 aromatic heterocycles. The SMILES string of the molecule is [2H]c1c([2H])c([2H])c(-c2cccc(-c3cccc4c3sc3ccc(-c5nc(-c6ccc(-c7ccccc7)cc6)nc(-c6ccc7c(c6)oc6c(-c8cccc(-c9ccccc9)c8)cccc67)n5)cc34)c2)c([2H])c1[2H]. The van der Waals surface area contributed by atoms with Crippen LogP contribution in [0.4, 0.5) is 0 Å². The third-order valence-electron chi connectivity index (χ3n) is 12.6. The first-order valence-corrected chi connectivity index (χ1v) is 23.2. The van der Waals surface area contributed by atoms with Crippen LogP contribution in [-0.4, -0.2) is 15.0 Å². The second kappa shape index (κ2) is 16.6. The molecular formula is C63H39N3OS. The van der Waals surface area contributed by atoms with Gasteiger partial charge in [-0.1, -0.05) is 194 Å². The van der Waals surface area contributed by atoms with Crippen molar-refractivity contribution in [3.8, 4) is 89.8 Å². The van der Waals surface area contributed by atoms with E-state index < -0.39 is 6.04 Å². The molecule has 0 atom stereocenters. The van der Waals surface area contributed by atoms with Gasteiger partial charge in [0.05, 0.1) is 6.85 Å². The van der Waals surface area contributed by atoms with Crippen LogP contribution >= 0.6 is 11.3 Å². The monoisotopic (exact) mass is 890 g/mol. The second-order valence-corrected chi connectivity index (χ2v) is 17.8. The van der Waals surface area contributed by atoms with Gasteiger partial charge in [-0.2, -0.15) is 0 Å². The van der Waals surface area contributed by atoms with E-state index in [1.165, 1.54) is 0 Å². The van der Waals surface area contributed by atoms with Gasteiger partial charge in [-0.3, -0.25) is 0 Å². The topological polar surface area (TPSA) is 51.8 Å². The lowest BCUT2D eigenvalue weighted by Crippen LogP contribution is -2.00. The maximum atomic E-state index is 8.63. The Bertz CT molecular complexity index is 4300. The Kier molecular flexibility index (Phi) is 8.43. The molecule has 0 amide bonds. The normalized spacial score (nSPS) is 12.6. The molecule has 68 heavy (non-hydrogen) atoms. The smallest absolute Gasteiger partial charge is 0.164 e. The van der Waals surface area contributed by atoms with Crippen LogP contribution in [0, 0.1) is 0 Å². The van der Waals surface area contributed by atoms with Crippen molar-refractivity contribution in [2.45, 2.75) is 0 Å². The third kappa shape index (κ3) is 7.14. The Labute approximate surface area is 404 Å². The maximum Gasteiger partial charge on any atom is 0.164 e. The first kappa shape index (κ1) is 34.6. The molecule has 0 aliphatic rings. The van der Waals surface area contributed by atoms with Crippen molar-refractivity contribution in [2.24, 2.45) is 0 Å². The number of hydrogen-bond acceptors (Lipinski definition) is 5. The molecular weight excluding hydrogens is 847 g/mol. The van der Waals surface area contributed by atoms with Crippen molar-refractivity contribution >= 4 is 53.4 Å². The lowest BCUT2D eigenvalue weighted by molar-refractivity contribution is 0.670. The summed E-state index contributed by atoms with van der Waals surface area (Å²) in [5.41, 5.74) is 13.2. The minimum atomic E-state index is -0.411. The van der Waals surface area contributed by atoms with Gasteiger partial charge in [-0.05, 0) is 92.5 Å². The van der Waals surface area contributed by atoms with E-state index in [1.54, 1.807) is 17.4 Å². The van der Waals surface area contributed by atoms with Crippen molar-refractivity contribution in [3.63, 3.8) is 0 Å². The van der Waals surface area contributed by atoms with E-state index in [9.17, 15) is 0 Å². The summed E-state index contributed by atoms with van der Waals surface area (Å²) in [6.45, 7) is 0. The van der Waals surface area contributed by atoms with E-state index in [2.05, 4.69) is 146 Å². The molecule has 13 aromatic rings. The highest BCUT2D eigenvalue weighted by atomic mass is 32.1. The largest absolute Gasteiger partial charge is 0.455 e. The summed E-state index contributed by atoms with van der Waals surface area (Å²) >= 11 is 1.68. The van der Waals surface area contributed by atoms with Gasteiger partial charge in [0.15, 0.2) is 17.5 Å². The molecule has 0 fully saturated rings. The quantitative estimate of drug-likeness (QED) is 0.152. The average Bonchev–Trinajstić information content (AvgIpc) is 4.03. The van der Waals surface area contributed by atoms with Crippen LogP contribution in [0.15, 0.2) is 241 Å². The lowest BCUT2D eigenvalue weighted by Gasteiger charge is -2.09. The molecule has 0 spiro atoms. The Hall–Kier alpha value is -8.77. The van der Waals surface area contributed by atoms with Crippen LogP contribution < -0.4 is 0 Å². The van der Waals surface area contributed by atoms with Gasteiger partial charge in [0.2, 0.25) is 0 Å². The fourth-order valence-electron chi connectivity index (χ4n) is 9.27. The summed E-state index contributed by atoms with van der Waals surface area (Å²) in [6.07, 6.45) is 0. The molecule has 0 saturated carbocycles. The summed E-state index contributed by atoms with van der Waals surface area (Å²) in [5, 5.41) is 4.13. The number of thiophene rings is 1. The zero-order valence-corrected chi connectivity index (χ0v) is 37.1. The Morgan fingerprint density at radius 3 is 1.57 bits per heavy atom. The molecule has 0 N–H and O–H groups in total. The summed E-state index contributed by atoms with van der Waals surface area (Å²) < 4.78 is 50.9. The number of para-hydroxylation sites is 1. The number of hydrogen-bond donors (Lipinski definition) is 0. The van der Waals surface area contributed by atoms with Gasteiger partial charge in [0.1, 0.15) is 11.2 Å². The number of aromatic nitrogens is 3. The predicted octanol–water partition coefficient (Wildman–Crippen LogP) is 17.5. The molecule has 5 heteroatoms. The predicted molar refractivity (Wildman–Crippen MR) is 283 cm³/mol. The van der Waals surface area contributed by atoms with Gasteiger partial charge >= 0.3 is 0 Å². The van der Waals surface area contributed by atoms with Crippen LogP contribution in [-0.2, 0) is 0 Å². The first-order valence-electron chi connectivity index (χ1n) is 24.9. The Balaban J connectivity index is 0.921. The van der Waals surface area contributed by atoms with E-state index in [0.717, 1.165) is 103 Å². The molecule has 318 valence electrons. The second-order valence-electron chi connectivity index (χ2n) is 16.8. The van der Waals surface area contributed by atoms with Crippen molar-refractivity contribution < 1.29 is 11.3 Å². The van der Waals surface area contributed by atoms with Crippen molar-refractivity contribution in [1.82, 2.24) is 15.0 Å². The molecule has 0 bridgehead atoms. The van der Waals surface area contributed by atoms with Crippen molar-refractivity contribution in [2.75, 3.05) is 0 Å². The highest BCUT2D eigenvalue weighted by Crippen LogP contribution is 2.43. The van der Waals surface area contributed by atoms with Gasteiger partial charge in [0, 0.05) is 53.2 Å². The Morgan fingerprint density at radius 1 is 0.338 bits per heavy atom. The van der Waals surface area contributed by atoms with E-state index in [-0.39, 0.29) is 29.7 Å². The van der Waals surface area contributed by atoms with Crippen LogP contribution in [0.3, 0.4) is 0 Å². The minimum Gasteiger partial charge on any atom is -0.455 e. The zero-order chi connectivity index (χ0) is 49.3. The lowest BCUT2D eigenvalue weighted by atomic mass is 9.97. The minimum absolute atomic E-state index is 0.178. The van der Waals surface area contributed by atoms with E-state index in [4.69, 9.17) is 26.2 Å². The van der Waals surface area contributed by atoms with E-state index in [0.29, 0.717) is 23.0 Å². The summed E-state index contributed by atoms with van der Waals surface area (Å²) in [7, 11) is 0. The molecule has 4 nitrogen and oxygen atoms in total. The van der Waals surface area contributed by atoms with E-state index in [1.807, 2.05) is 54.6 Å². The highest BCUT2D eigenvalue weighted by Gasteiger charge is 2.19. The number of furan rings is 1. The van der Waals surface area contributed by atoms with Crippen LogP contribution in [0.1, 0.15) is 6.85 Å². The maximum absolute atomic E-state index is 8.63. The molecule has 0 saturated heterocycles. The number of rotatable bonds is 8. The molecule has 0 aliphatic carbocycles. The number of nitrogens with zero attached hydrogens (tertiary/aromatic N) is 3. The van der Waals surface area contributed by atoms with Gasteiger partial charge in [-0.25, -0.2) is 15.0 Å². The summed E-state index contributed by atoms with van der Waals surface area (Å²) in [6, 6.07) is 68.6. The highest BCUT2D eigenvalue weighted by molar-refractivity contribution is 7.26. The Morgan fingerprint density at radius 2 is 0.853 bits per heavy atom. The van der Waals surface area contributed by atoms with Gasteiger partial charge in [0.25, 0.3) is 0 Å². The molecule has 0 radical (unpaired) electrons. The number of fused-ring (bicyclic) bond motifs is 6. The van der Waals surface area contributed by atoms with Gasteiger partial charge < -0.3 is 4.42 Å². The molecule has 3 heterocycles. The van der Waals surface area contributed by atoms with Crippen LogP contribution in [0.25, 0.3) is 132 Å². The van der Waals surface area contributed by atoms with Crippen LogP contribution in [0.2, 0.25) is 0 Å². The zero-order valence-electron chi connectivity index (χ0n) is 41.3. The summed E-state index contributed by atoms with van der Waals surface area (Å²) in [5.74, 6) is 1.59. The molecule has 13 rings (SSSR count). The standard InChI is InChI=1S/C63H39N3OS/c1-4-14-40(15-5-1)43-28-30-44(31-29-43)61-64-62(49-33-35-58-56(38-49)55-27-13-25-52(60(55)68-58)48-23-11-21-46(37-48)42-18-8-3-9-19-42)66-63(65-61)50-32-34-53-54-26-12-24-51(59(54)67-57(53)39-50)47-22-10-20-45(36-47)41-16-6-2-7-17-41/h1-39H/i3D,8D,9D,18D,19D. The van der Waals surface area contributed by atoms with Crippen LogP contribution in [0.5, 0.6) is 0 Å². The molecule has 10 aromatic carbocycles. The number of benzene rings is 10. The third-order valence-corrected chi connectivity index (χ3v) is 13.9.